The minimum Gasteiger partial charge on any atom is -0.306 e. The van der Waals surface area contributed by atoms with Gasteiger partial charge in [-0.1, -0.05) is 18.5 Å². The van der Waals surface area contributed by atoms with Crippen LogP contribution in [-0.4, -0.2) is 11.5 Å². The lowest BCUT2D eigenvalue weighted by molar-refractivity contribution is 0.558. The third-order valence-electron chi connectivity index (χ3n) is 2.71. The summed E-state index contributed by atoms with van der Waals surface area (Å²) in [5, 5.41) is 5.97. The number of rotatable bonds is 4. The van der Waals surface area contributed by atoms with E-state index in [2.05, 4.69) is 10.3 Å². The van der Waals surface area contributed by atoms with Gasteiger partial charge in [0, 0.05) is 16.6 Å². The second-order valence-electron chi connectivity index (χ2n) is 3.98. The highest BCUT2D eigenvalue weighted by Gasteiger charge is 2.21. The van der Waals surface area contributed by atoms with Crippen molar-refractivity contribution in [3.8, 4) is 0 Å². The Labute approximate surface area is 115 Å². The summed E-state index contributed by atoms with van der Waals surface area (Å²) in [7, 11) is 0. The van der Waals surface area contributed by atoms with Gasteiger partial charge in [-0.3, -0.25) is 4.98 Å². The van der Waals surface area contributed by atoms with Gasteiger partial charge in [0.25, 0.3) is 0 Å². The normalized spacial score (nSPS) is 12.7. The van der Waals surface area contributed by atoms with Gasteiger partial charge in [0.05, 0.1) is 17.3 Å². The van der Waals surface area contributed by atoms with E-state index in [1.54, 1.807) is 23.6 Å². The number of thiophene rings is 1. The first-order valence-electron chi connectivity index (χ1n) is 5.71. The van der Waals surface area contributed by atoms with Crippen LogP contribution in [-0.2, 0) is 0 Å². The van der Waals surface area contributed by atoms with E-state index in [0.29, 0.717) is 10.6 Å². The molecule has 5 heteroatoms. The summed E-state index contributed by atoms with van der Waals surface area (Å²) in [6, 6.07) is 1.47. The Hall–Kier alpha value is -0.970. The van der Waals surface area contributed by atoms with Gasteiger partial charge in [-0.15, -0.1) is 11.3 Å². The fourth-order valence-corrected chi connectivity index (χ4v) is 3.21. The fraction of sp³-hybridized carbons (Fsp3) is 0.308. The third-order valence-corrected chi connectivity index (χ3v) is 4.49. The van der Waals surface area contributed by atoms with E-state index in [4.69, 9.17) is 11.6 Å². The molecule has 0 saturated heterocycles. The second kappa shape index (κ2) is 5.78. The van der Waals surface area contributed by atoms with E-state index >= 15 is 0 Å². The molecular weight excluding hydrogens is 271 g/mol. The summed E-state index contributed by atoms with van der Waals surface area (Å²) in [5.74, 6) is -0.314. The quantitative estimate of drug-likeness (QED) is 0.920. The van der Waals surface area contributed by atoms with Crippen LogP contribution < -0.4 is 5.32 Å². The average molecular weight is 285 g/mol. The lowest BCUT2D eigenvalue weighted by Crippen LogP contribution is -2.22. The highest BCUT2D eigenvalue weighted by Crippen LogP contribution is 2.36. The first kappa shape index (κ1) is 13.5. The zero-order valence-corrected chi connectivity index (χ0v) is 11.8. The van der Waals surface area contributed by atoms with Gasteiger partial charge < -0.3 is 5.32 Å². The summed E-state index contributed by atoms with van der Waals surface area (Å²) >= 11 is 7.82. The molecule has 0 aliphatic heterocycles. The molecule has 0 saturated carbocycles. The highest BCUT2D eigenvalue weighted by atomic mass is 35.5. The fourth-order valence-electron chi connectivity index (χ4n) is 1.81. The van der Waals surface area contributed by atoms with Crippen LogP contribution in [0.15, 0.2) is 23.8 Å². The van der Waals surface area contributed by atoms with Gasteiger partial charge in [0.15, 0.2) is 0 Å². The molecule has 1 N–H and O–H groups in total. The van der Waals surface area contributed by atoms with Crippen molar-refractivity contribution in [2.45, 2.75) is 19.9 Å². The van der Waals surface area contributed by atoms with Crippen molar-refractivity contribution in [3.63, 3.8) is 0 Å². The number of nitrogens with zero attached hydrogens (tertiary/aromatic N) is 1. The highest BCUT2D eigenvalue weighted by molar-refractivity contribution is 7.10. The summed E-state index contributed by atoms with van der Waals surface area (Å²) in [6.45, 7) is 4.68. The molecule has 96 valence electrons. The van der Waals surface area contributed by atoms with Gasteiger partial charge in [-0.2, -0.15) is 0 Å². The lowest BCUT2D eigenvalue weighted by Gasteiger charge is -2.18. The van der Waals surface area contributed by atoms with Crippen LogP contribution in [0.25, 0.3) is 0 Å². The van der Waals surface area contributed by atoms with Crippen LogP contribution in [0, 0.1) is 12.7 Å². The van der Waals surface area contributed by atoms with Crippen molar-refractivity contribution in [1.82, 2.24) is 10.3 Å². The number of hydrogen-bond acceptors (Lipinski definition) is 3. The molecule has 0 amide bonds. The Morgan fingerprint density at radius 1 is 1.56 bits per heavy atom. The SMILES string of the molecule is CCNC(c1ccncc1F)c1scc(C)c1Cl. The third kappa shape index (κ3) is 2.55. The van der Waals surface area contributed by atoms with Crippen molar-refractivity contribution in [1.29, 1.82) is 0 Å². The van der Waals surface area contributed by atoms with E-state index < -0.39 is 0 Å². The Morgan fingerprint density at radius 3 is 2.89 bits per heavy atom. The maximum atomic E-state index is 13.8. The number of halogens is 2. The largest absolute Gasteiger partial charge is 0.306 e. The molecule has 2 rings (SSSR count). The van der Waals surface area contributed by atoms with E-state index in [0.717, 1.165) is 17.0 Å². The first-order chi connectivity index (χ1) is 8.65. The number of hydrogen-bond donors (Lipinski definition) is 1. The van der Waals surface area contributed by atoms with E-state index in [-0.39, 0.29) is 11.9 Å². The number of pyridine rings is 1. The predicted molar refractivity (Wildman–Crippen MR) is 73.8 cm³/mol. The zero-order chi connectivity index (χ0) is 13.1. The maximum Gasteiger partial charge on any atom is 0.146 e. The summed E-state index contributed by atoms with van der Waals surface area (Å²) < 4.78 is 13.8. The molecule has 0 radical (unpaired) electrons. The zero-order valence-electron chi connectivity index (χ0n) is 10.2. The molecule has 0 spiro atoms. The van der Waals surface area contributed by atoms with Gasteiger partial charge in [0.1, 0.15) is 5.82 Å². The van der Waals surface area contributed by atoms with E-state index in [1.165, 1.54) is 6.20 Å². The molecule has 18 heavy (non-hydrogen) atoms. The smallest absolute Gasteiger partial charge is 0.146 e. The molecule has 2 heterocycles. The van der Waals surface area contributed by atoms with Crippen LogP contribution >= 0.6 is 22.9 Å². The number of aryl methyl sites for hydroxylation is 1. The molecular formula is C13H14ClFN2S. The minimum atomic E-state index is -0.314. The Balaban J connectivity index is 2.47. The Kier molecular flexibility index (Phi) is 4.32. The molecule has 0 aliphatic rings. The second-order valence-corrected chi connectivity index (χ2v) is 5.27. The topological polar surface area (TPSA) is 24.9 Å². The van der Waals surface area contributed by atoms with E-state index in [1.807, 2.05) is 19.2 Å². The predicted octanol–water partition coefficient (Wildman–Crippen LogP) is 3.94. The maximum absolute atomic E-state index is 13.8. The molecule has 0 fully saturated rings. The molecule has 1 unspecified atom stereocenters. The first-order valence-corrected chi connectivity index (χ1v) is 6.97. The molecule has 0 bridgehead atoms. The molecule has 0 aromatic carbocycles. The van der Waals surface area contributed by atoms with Gasteiger partial charge in [0.2, 0.25) is 0 Å². The molecule has 2 aromatic heterocycles. The van der Waals surface area contributed by atoms with Crippen molar-refractivity contribution in [2.75, 3.05) is 6.54 Å². The van der Waals surface area contributed by atoms with Crippen molar-refractivity contribution in [2.24, 2.45) is 0 Å². The summed E-state index contributed by atoms with van der Waals surface area (Å²) in [4.78, 5) is 4.72. The summed E-state index contributed by atoms with van der Waals surface area (Å²) in [5.41, 5.74) is 1.60. The number of aromatic nitrogens is 1. The van der Waals surface area contributed by atoms with Crippen LogP contribution in [0.5, 0.6) is 0 Å². The van der Waals surface area contributed by atoms with Crippen LogP contribution in [0.4, 0.5) is 4.39 Å². The van der Waals surface area contributed by atoms with Gasteiger partial charge in [-0.05, 0) is 30.5 Å². The van der Waals surface area contributed by atoms with Gasteiger partial charge in [-0.25, -0.2) is 4.39 Å². The van der Waals surface area contributed by atoms with Crippen LogP contribution in [0.2, 0.25) is 5.02 Å². The average Bonchev–Trinajstić information content (AvgIpc) is 2.69. The Bertz CT molecular complexity index is 542. The van der Waals surface area contributed by atoms with Crippen LogP contribution in [0.1, 0.15) is 29.0 Å². The molecule has 0 aliphatic carbocycles. The summed E-state index contributed by atoms with van der Waals surface area (Å²) in [6.07, 6.45) is 2.82. The molecule has 2 aromatic rings. The lowest BCUT2D eigenvalue weighted by atomic mass is 10.1. The van der Waals surface area contributed by atoms with Gasteiger partial charge >= 0.3 is 0 Å². The minimum absolute atomic E-state index is 0.218. The van der Waals surface area contributed by atoms with Crippen LogP contribution in [0.3, 0.4) is 0 Å². The Morgan fingerprint density at radius 2 is 2.33 bits per heavy atom. The van der Waals surface area contributed by atoms with Crippen molar-refractivity contribution < 1.29 is 4.39 Å². The van der Waals surface area contributed by atoms with E-state index in [9.17, 15) is 4.39 Å². The number of nitrogens with one attached hydrogen (secondary N) is 1. The van der Waals surface area contributed by atoms with Crippen molar-refractivity contribution in [3.05, 3.63) is 50.7 Å². The standard InChI is InChI=1S/C13H14ClFN2S/c1-3-17-12(9-4-5-16-6-10(9)15)13-11(14)8(2)7-18-13/h4-7,12,17H,3H2,1-2H3. The molecule has 2 nitrogen and oxygen atoms in total. The van der Waals surface area contributed by atoms with Crippen molar-refractivity contribution >= 4 is 22.9 Å². The monoisotopic (exact) mass is 284 g/mol. The molecule has 1 atom stereocenters.